The van der Waals surface area contributed by atoms with Crippen LogP contribution in [0.25, 0.3) is 0 Å². The predicted molar refractivity (Wildman–Crippen MR) is 110 cm³/mol. The summed E-state index contributed by atoms with van der Waals surface area (Å²) in [4.78, 5) is 34.6. The molecule has 2 N–H and O–H groups in total. The molecule has 1 rings (SSSR count). The monoisotopic (exact) mass is 435 g/mol. The number of hydrogen-bond donors (Lipinski definition) is 2. The molecule has 0 radical (unpaired) electrons. The van der Waals surface area contributed by atoms with Gasteiger partial charge in [-0.3, -0.25) is 18.6 Å². The van der Waals surface area contributed by atoms with E-state index in [4.69, 9.17) is 4.52 Å². The van der Waals surface area contributed by atoms with E-state index in [0.717, 1.165) is 58.5 Å². The van der Waals surface area contributed by atoms with Crippen molar-refractivity contribution in [1.82, 2.24) is 4.90 Å². The van der Waals surface area contributed by atoms with Gasteiger partial charge in [-0.25, -0.2) is 4.57 Å². The third-order valence-corrected chi connectivity index (χ3v) is 6.30. The van der Waals surface area contributed by atoms with Crippen LogP contribution in [-0.4, -0.2) is 59.0 Å². The average molecular weight is 435 g/mol. The second-order valence-electron chi connectivity index (χ2n) is 7.76. The quantitative estimate of drug-likeness (QED) is 0.281. The molecule has 0 aromatic heterocycles. The Hall–Kier alpha value is -0.790. The Balaban J connectivity index is 2.13. The lowest BCUT2D eigenvalue weighted by molar-refractivity contribution is -0.133. The summed E-state index contributed by atoms with van der Waals surface area (Å²) in [7, 11) is -3.01. The Labute approximate surface area is 174 Å². The van der Waals surface area contributed by atoms with E-state index in [-0.39, 0.29) is 19.1 Å². The van der Waals surface area contributed by atoms with Crippen LogP contribution < -0.4 is 0 Å². The van der Waals surface area contributed by atoms with Crippen LogP contribution in [0, 0.1) is 0 Å². The third-order valence-electron chi connectivity index (χ3n) is 5.36. The van der Waals surface area contributed by atoms with Crippen LogP contribution in [0.15, 0.2) is 0 Å². The molecule has 0 aromatic carbocycles. The maximum atomic E-state index is 12.5. The average Bonchev–Trinajstić information content (AvgIpc) is 3.08. The smallest absolute Gasteiger partial charge is 0.391 e. The van der Waals surface area contributed by atoms with Gasteiger partial charge >= 0.3 is 7.82 Å². The van der Waals surface area contributed by atoms with Gasteiger partial charge in [0.1, 0.15) is 5.78 Å². The molecule has 0 spiro atoms. The molecule has 1 aliphatic heterocycles. The Morgan fingerprint density at radius 2 is 1.59 bits per heavy atom. The van der Waals surface area contributed by atoms with Crippen molar-refractivity contribution in [3.63, 3.8) is 0 Å². The number of carbonyl (C=O) groups is 2. The van der Waals surface area contributed by atoms with Crippen LogP contribution in [0.1, 0.15) is 84.0 Å². The summed E-state index contributed by atoms with van der Waals surface area (Å²) in [6.07, 6.45) is 9.84. The number of rotatable bonds is 16. The summed E-state index contributed by atoms with van der Waals surface area (Å²) in [5.41, 5.74) is 0. The fourth-order valence-corrected chi connectivity index (χ4v) is 4.03. The number of β-amino-alcohol motifs (C(OH)–C–C–N with tert-alkyl or cyclic N) is 1. The number of ketones is 1. The van der Waals surface area contributed by atoms with E-state index < -0.39 is 20.0 Å². The topological polar surface area (TPSA) is 113 Å². The van der Waals surface area contributed by atoms with Crippen molar-refractivity contribution in [3.05, 3.63) is 0 Å². The highest BCUT2D eigenvalue weighted by Crippen LogP contribution is 2.42. The van der Waals surface area contributed by atoms with Gasteiger partial charge in [-0.05, 0) is 19.3 Å². The highest BCUT2D eigenvalue weighted by molar-refractivity contribution is 7.47. The lowest BCUT2D eigenvalue weighted by Crippen LogP contribution is -2.38. The van der Waals surface area contributed by atoms with Crippen LogP contribution in [-0.2, 0) is 23.2 Å². The summed E-state index contributed by atoms with van der Waals surface area (Å²) in [5.74, 6) is 0.291. The van der Waals surface area contributed by atoms with E-state index in [0.29, 0.717) is 31.5 Å². The zero-order valence-electron chi connectivity index (χ0n) is 17.9. The summed E-state index contributed by atoms with van der Waals surface area (Å²) < 4.78 is 20.7. The van der Waals surface area contributed by atoms with Crippen LogP contribution in [0.2, 0.25) is 0 Å². The standard InChI is InChI=1S/C20H38NO7P/c1-3-18(22)12-10-8-6-4-5-7-9-11-13-20(24)21-15-19(23)14-17(21)16-28-29(25,26)27-2/h17,19,23H,3-16H2,1-2H3,(H,25,26)/t17-,19+/m0/s1. The number of carbonyl (C=O) groups excluding carboxylic acids is 2. The van der Waals surface area contributed by atoms with E-state index >= 15 is 0 Å². The first-order valence-corrected chi connectivity index (χ1v) is 12.3. The van der Waals surface area contributed by atoms with Gasteiger partial charge in [-0.2, -0.15) is 0 Å². The Morgan fingerprint density at radius 1 is 1.03 bits per heavy atom. The van der Waals surface area contributed by atoms with Crippen LogP contribution >= 0.6 is 7.82 Å². The maximum Gasteiger partial charge on any atom is 0.471 e. The number of amides is 1. The Bertz CT molecular complexity index is 543. The molecular weight excluding hydrogens is 397 g/mol. The summed E-state index contributed by atoms with van der Waals surface area (Å²) in [5, 5.41) is 9.85. The SMILES string of the molecule is CCC(=O)CCCCCCCCCCC(=O)N1C[C@H](O)C[C@H]1COP(=O)(O)OC. The first-order valence-electron chi connectivity index (χ1n) is 10.8. The van der Waals surface area contributed by atoms with E-state index in [9.17, 15) is 24.2 Å². The Kier molecular flexibility index (Phi) is 12.9. The zero-order chi connectivity index (χ0) is 21.7. The molecule has 0 aliphatic carbocycles. The third kappa shape index (κ3) is 11.2. The lowest BCUT2D eigenvalue weighted by atomic mass is 10.0. The molecule has 1 heterocycles. The number of aliphatic hydroxyl groups is 1. The van der Waals surface area contributed by atoms with E-state index in [1.54, 1.807) is 4.90 Å². The van der Waals surface area contributed by atoms with Gasteiger partial charge in [0.05, 0.1) is 18.8 Å². The van der Waals surface area contributed by atoms with Gasteiger partial charge in [-0.1, -0.05) is 45.4 Å². The molecule has 0 saturated carbocycles. The number of likely N-dealkylation sites (tertiary alicyclic amines) is 1. The summed E-state index contributed by atoms with van der Waals surface area (Å²) in [6, 6.07) is -0.410. The zero-order valence-corrected chi connectivity index (χ0v) is 18.8. The number of nitrogens with zero attached hydrogens (tertiary/aromatic N) is 1. The minimum Gasteiger partial charge on any atom is -0.391 e. The second-order valence-corrected chi connectivity index (χ2v) is 9.32. The molecule has 8 nitrogen and oxygen atoms in total. The number of unbranched alkanes of at least 4 members (excludes halogenated alkanes) is 7. The van der Waals surface area contributed by atoms with Crippen LogP contribution in [0.5, 0.6) is 0 Å². The molecule has 1 fully saturated rings. The highest BCUT2D eigenvalue weighted by atomic mass is 31.2. The fourth-order valence-electron chi connectivity index (χ4n) is 3.57. The summed E-state index contributed by atoms with van der Waals surface area (Å²) >= 11 is 0. The van der Waals surface area contributed by atoms with Crippen molar-refractivity contribution < 1.29 is 33.2 Å². The molecule has 1 aliphatic rings. The number of phosphoric ester groups is 1. The molecule has 9 heteroatoms. The molecule has 1 unspecified atom stereocenters. The van der Waals surface area contributed by atoms with Crippen molar-refractivity contribution in [2.45, 2.75) is 96.1 Å². The molecular formula is C20H38NO7P. The minimum atomic E-state index is -4.09. The van der Waals surface area contributed by atoms with Crippen LogP contribution in [0.4, 0.5) is 0 Å². The van der Waals surface area contributed by atoms with Gasteiger partial charge < -0.3 is 14.9 Å². The number of Topliss-reactive ketones (excluding diaryl/α,β-unsaturated/α-hetero) is 1. The molecule has 1 amide bonds. The summed E-state index contributed by atoms with van der Waals surface area (Å²) in [6.45, 7) is 2.01. The molecule has 3 atom stereocenters. The molecule has 0 bridgehead atoms. The first kappa shape index (κ1) is 26.2. The second kappa shape index (κ2) is 14.3. The van der Waals surface area contributed by atoms with Crippen molar-refractivity contribution in [1.29, 1.82) is 0 Å². The normalized spacial score (nSPS) is 21.3. The minimum absolute atomic E-state index is 0.0547. The molecule has 29 heavy (non-hydrogen) atoms. The van der Waals surface area contributed by atoms with Gasteiger partial charge in [-0.15, -0.1) is 0 Å². The van der Waals surface area contributed by atoms with Crippen molar-refractivity contribution >= 4 is 19.5 Å². The van der Waals surface area contributed by atoms with E-state index in [1.807, 2.05) is 6.92 Å². The Morgan fingerprint density at radius 3 is 2.14 bits per heavy atom. The molecule has 1 saturated heterocycles. The van der Waals surface area contributed by atoms with Gasteiger partial charge in [0.15, 0.2) is 0 Å². The van der Waals surface area contributed by atoms with Crippen molar-refractivity contribution in [2.24, 2.45) is 0 Å². The number of aliphatic hydroxyl groups excluding tert-OH is 1. The number of phosphoric acid groups is 1. The van der Waals surface area contributed by atoms with Gasteiger partial charge in [0.25, 0.3) is 0 Å². The first-order chi connectivity index (χ1) is 13.8. The largest absolute Gasteiger partial charge is 0.471 e. The molecule has 0 aromatic rings. The fraction of sp³-hybridized carbons (Fsp3) is 0.900. The van der Waals surface area contributed by atoms with Crippen molar-refractivity contribution in [2.75, 3.05) is 20.3 Å². The van der Waals surface area contributed by atoms with E-state index in [2.05, 4.69) is 4.52 Å². The maximum absolute atomic E-state index is 12.5. The predicted octanol–water partition coefficient (Wildman–Crippen LogP) is 3.59. The van der Waals surface area contributed by atoms with Gasteiger partial charge in [0.2, 0.25) is 5.91 Å². The highest BCUT2D eigenvalue weighted by Gasteiger charge is 2.35. The van der Waals surface area contributed by atoms with E-state index in [1.165, 1.54) is 0 Å². The van der Waals surface area contributed by atoms with Gasteiger partial charge in [0, 0.05) is 32.9 Å². The molecule has 170 valence electrons. The van der Waals surface area contributed by atoms with Crippen molar-refractivity contribution in [3.8, 4) is 0 Å². The number of hydrogen-bond acceptors (Lipinski definition) is 6. The lowest BCUT2D eigenvalue weighted by Gasteiger charge is -2.24. The van der Waals surface area contributed by atoms with Crippen LogP contribution in [0.3, 0.4) is 0 Å².